The van der Waals surface area contributed by atoms with Gasteiger partial charge >= 0.3 is 11.9 Å². The molecule has 0 N–H and O–H groups in total. The molecule has 5 nitrogen and oxygen atoms in total. The van der Waals surface area contributed by atoms with E-state index in [9.17, 15) is 14.4 Å². The van der Waals surface area contributed by atoms with E-state index >= 15 is 0 Å². The second-order valence-corrected chi connectivity index (χ2v) is 4.67. The molecule has 0 bridgehead atoms. The van der Waals surface area contributed by atoms with Crippen LogP contribution in [0.4, 0.5) is 0 Å². The van der Waals surface area contributed by atoms with Crippen molar-refractivity contribution in [1.82, 2.24) is 0 Å². The standard InChI is InChI=1S/C14H20O5/c1-10(11-6-4-3-5-7-12(11)15)19-14(17)9-8-13(16)18-2/h8-11H,3-7H2,1-2H3. The molecular formula is C14H20O5. The zero-order valence-electron chi connectivity index (χ0n) is 11.4. The first kappa shape index (κ1) is 15.4. The monoisotopic (exact) mass is 268 g/mol. The van der Waals surface area contributed by atoms with Gasteiger partial charge in [-0.3, -0.25) is 4.79 Å². The van der Waals surface area contributed by atoms with E-state index in [1.54, 1.807) is 6.92 Å². The van der Waals surface area contributed by atoms with E-state index in [2.05, 4.69) is 4.74 Å². The number of methoxy groups -OCH3 is 1. The molecule has 1 saturated carbocycles. The highest BCUT2D eigenvalue weighted by Gasteiger charge is 2.28. The zero-order valence-corrected chi connectivity index (χ0v) is 11.4. The van der Waals surface area contributed by atoms with Gasteiger partial charge in [-0.05, 0) is 19.8 Å². The van der Waals surface area contributed by atoms with Gasteiger partial charge in [0.15, 0.2) is 0 Å². The van der Waals surface area contributed by atoms with Gasteiger partial charge in [0.2, 0.25) is 0 Å². The number of carbonyl (C=O) groups is 3. The van der Waals surface area contributed by atoms with Crippen molar-refractivity contribution in [2.45, 2.75) is 45.1 Å². The van der Waals surface area contributed by atoms with Crippen molar-refractivity contribution in [1.29, 1.82) is 0 Å². The molecule has 0 saturated heterocycles. The van der Waals surface area contributed by atoms with Crippen LogP contribution in [0.3, 0.4) is 0 Å². The summed E-state index contributed by atoms with van der Waals surface area (Å²) >= 11 is 0. The van der Waals surface area contributed by atoms with Crippen molar-refractivity contribution in [2.75, 3.05) is 7.11 Å². The summed E-state index contributed by atoms with van der Waals surface area (Å²) in [5, 5.41) is 0. The quantitative estimate of drug-likeness (QED) is 0.442. The molecule has 1 aliphatic carbocycles. The summed E-state index contributed by atoms with van der Waals surface area (Å²) in [5.41, 5.74) is 0. The van der Waals surface area contributed by atoms with Crippen LogP contribution in [0.25, 0.3) is 0 Å². The summed E-state index contributed by atoms with van der Waals surface area (Å²) in [6.45, 7) is 1.72. The number of hydrogen-bond donors (Lipinski definition) is 0. The maximum Gasteiger partial charge on any atom is 0.331 e. The Morgan fingerprint density at radius 3 is 2.58 bits per heavy atom. The van der Waals surface area contributed by atoms with Crippen molar-refractivity contribution < 1.29 is 23.9 Å². The Labute approximate surface area is 112 Å². The SMILES string of the molecule is COC(=O)C=CC(=O)OC(C)C1CCCCCC1=O. The van der Waals surface area contributed by atoms with Crippen LogP contribution in [-0.4, -0.2) is 30.9 Å². The minimum absolute atomic E-state index is 0.162. The topological polar surface area (TPSA) is 69.7 Å². The van der Waals surface area contributed by atoms with Crippen LogP contribution < -0.4 is 0 Å². The van der Waals surface area contributed by atoms with E-state index < -0.39 is 18.0 Å². The summed E-state index contributed by atoms with van der Waals surface area (Å²) in [4.78, 5) is 34.2. The molecule has 2 unspecified atom stereocenters. The van der Waals surface area contributed by atoms with E-state index in [-0.39, 0.29) is 11.7 Å². The summed E-state index contributed by atoms with van der Waals surface area (Å²) in [6.07, 6.45) is 5.83. The number of carbonyl (C=O) groups excluding carboxylic acids is 3. The van der Waals surface area contributed by atoms with Crippen molar-refractivity contribution in [3.8, 4) is 0 Å². The lowest BCUT2D eigenvalue weighted by molar-refractivity contribution is -0.147. The van der Waals surface area contributed by atoms with Crippen LogP contribution in [0.2, 0.25) is 0 Å². The highest BCUT2D eigenvalue weighted by Crippen LogP contribution is 2.24. The van der Waals surface area contributed by atoms with Crippen molar-refractivity contribution in [3.05, 3.63) is 12.2 Å². The fraction of sp³-hybridized carbons (Fsp3) is 0.643. The third-order valence-electron chi connectivity index (χ3n) is 3.28. The molecule has 0 aromatic heterocycles. The molecule has 0 aliphatic heterocycles. The van der Waals surface area contributed by atoms with Gasteiger partial charge in [0.25, 0.3) is 0 Å². The maximum atomic E-state index is 11.9. The molecule has 1 rings (SSSR count). The minimum Gasteiger partial charge on any atom is -0.466 e. The Bertz CT molecular complexity index is 372. The normalized spacial score (nSPS) is 21.8. The van der Waals surface area contributed by atoms with E-state index in [0.717, 1.165) is 37.8 Å². The molecule has 0 radical (unpaired) electrons. The highest BCUT2D eigenvalue weighted by molar-refractivity contribution is 5.91. The van der Waals surface area contributed by atoms with Gasteiger partial charge in [-0.15, -0.1) is 0 Å². The summed E-state index contributed by atoms with van der Waals surface area (Å²) < 4.78 is 9.52. The van der Waals surface area contributed by atoms with Gasteiger partial charge in [0, 0.05) is 18.6 Å². The third kappa shape index (κ3) is 5.24. The number of hydrogen-bond acceptors (Lipinski definition) is 5. The largest absolute Gasteiger partial charge is 0.466 e. The molecular weight excluding hydrogens is 248 g/mol. The molecule has 1 fully saturated rings. The van der Waals surface area contributed by atoms with Crippen LogP contribution in [0, 0.1) is 5.92 Å². The van der Waals surface area contributed by atoms with Crippen LogP contribution in [0.15, 0.2) is 12.2 Å². The smallest absolute Gasteiger partial charge is 0.331 e. The van der Waals surface area contributed by atoms with Crippen LogP contribution >= 0.6 is 0 Å². The van der Waals surface area contributed by atoms with Gasteiger partial charge in [0.1, 0.15) is 11.9 Å². The minimum atomic E-state index is -0.630. The molecule has 0 aromatic rings. The lowest BCUT2D eigenvalue weighted by Gasteiger charge is -2.20. The Morgan fingerprint density at radius 2 is 1.89 bits per heavy atom. The lowest BCUT2D eigenvalue weighted by atomic mass is 9.94. The van der Waals surface area contributed by atoms with Gasteiger partial charge in [0.05, 0.1) is 13.0 Å². The second kappa shape index (κ2) is 7.71. The average molecular weight is 268 g/mol. The third-order valence-corrected chi connectivity index (χ3v) is 3.28. The first-order chi connectivity index (χ1) is 9.04. The Kier molecular flexibility index (Phi) is 6.25. The van der Waals surface area contributed by atoms with Crippen LogP contribution in [0.5, 0.6) is 0 Å². The van der Waals surface area contributed by atoms with E-state index in [1.165, 1.54) is 7.11 Å². The summed E-state index contributed by atoms with van der Waals surface area (Å²) in [5.74, 6) is -1.31. The molecule has 0 spiro atoms. The Morgan fingerprint density at radius 1 is 1.21 bits per heavy atom. The molecule has 0 amide bonds. The molecule has 1 aliphatic rings. The zero-order chi connectivity index (χ0) is 14.3. The van der Waals surface area contributed by atoms with Gasteiger partial charge in [-0.2, -0.15) is 0 Å². The van der Waals surface area contributed by atoms with Gasteiger partial charge in [-0.25, -0.2) is 9.59 Å². The number of ether oxygens (including phenoxy) is 2. The molecule has 0 aromatic carbocycles. The lowest BCUT2D eigenvalue weighted by Crippen LogP contribution is -2.29. The van der Waals surface area contributed by atoms with Gasteiger partial charge in [-0.1, -0.05) is 12.8 Å². The number of esters is 2. The Hall–Kier alpha value is -1.65. The molecule has 19 heavy (non-hydrogen) atoms. The maximum absolute atomic E-state index is 11.9. The Balaban J connectivity index is 2.50. The number of ketones is 1. The number of Topliss-reactive ketones (excluding diaryl/α,β-unsaturated/α-hetero) is 1. The van der Waals surface area contributed by atoms with Crippen molar-refractivity contribution >= 4 is 17.7 Å². The second-order valence-electron chi connectivity index (χ2n) is 4.67. The van der Waals surface area contributed by atoms with E-state index in [1.807, 2.05) is 0 Å². The highest BCUT2D eigenvalue weighted by atomic mass is 16.5. The molecule has 106 valence electrons. The van der Waals surface area contributed by atoms with Crippen molar-refractivity contribution in [3.63, 3.8) is 0 Å². The molecule has 0 heterocycles. The van der Waals surface area contributed by atoms with Gasteiger partial charge < -0.3 is 9.47 Å². The fourth-order valence-corrected chi connectivity index (χ4v) is 2.19. The van der Waals surface area contributed by atoms with E-state index in [4.69, 9.17) is 4.74 Å². The van der Waals surface area contributed by atoms with Crippen molar-refractivity contribution in [2.24, 2.45) is 5.92 Å². The first-order valence-electron chi connectivity index (χ1n) is 6.54. The molecule has 2 atom stereocenters. The predicted octanol–water partition coefficient (Wildman–Crippen LogP) is 1.80. The first-order valence-corrected chi connectivity index (χ1v) is 6.54. The number of rotatable bonds is 4. The van der Waals surface area contributed by atoms with Crippen LogP contribution in [0.1, 0.15) is 39.0 Å². The molecule has 5 heteroatoms. The fourth-order valence-electron chi connectivity index (χ4n) is 2.19. The summed E-state index contributed by atoms with van der Waals surface area (Å²) in [6, 6.07) is 0. The predicted molar refractivity (Wildman–Crippen MR) is 68.3 cm³/mol. The average Bonchev–Trinajstić information content (AvgIpc) is 2.60. The van der Waals surface area contributed by atoms with E-state index in [0.29, 0.717) is 6.42 Å². The summed E-state index contributed by atoms with van der Waals surface area (Å²) in [7, 11) is 1.23. The van der Waals surface area contributed by atoms with Crippen LogP contribution in [-0.2, 0) is 23.9 Å².